The van der Waals surface area contributed by atoms with Crippen LogP contribution in [0.1, 0.15) is 30.9 Å². The fourth-order valence-corrected chi connectivity index (χ4v) is 2.14. The molecule has 1 aliphatic rings. The molecule has 2 atom stereocenters. The van der Waals surface area contributed by atoms with E-state index in [4.69, 9.17) is 4.74 Å². The van der Waals surface area contributed by atoms with Crippen molar-refractivity contribution in [3.63, 3.8) is 0 Å². The van der Waals surface area contributed by atoms with Crippen LogP contribution in [0.4, 0.5) is 0 Å². The van der Waals surface area contributed by atoms with Gasteiger partial charge in [0.05, 0.1) is 12.2 Å². The summed E-state index contributed by atoms with van der Waals surface area (Å²) >= 11 is 0. The second-order valence-electron chi connectivity index (χ2n) is 4.57. The Morgan fingerprint density at radius 1 is 1.29 bits per heavy atom. The number of nitrogens with one attached hydrogen (secondary N) is 1. The quantitative estimate of drug-likeness (QED) is 0.818. The van der Waals surface area contributed by atoms with Gasteiger partial charge in [0.2, 0.25) is 0 Å². The van der Waals surface area contributed by atoms with E-state index in [9.17, 15) is 5.11 Å². The van der Waals surface area contributed by atoms with Gasteiger partial charge in [-0.2, -0.15) is 0 Å². The third kappa shape index (κ3) is 4.11. The maximum Gasteiger partial charge on any atom is 0.0914 e. The smallest absolute Gasteiger partial charge is 0.0914 e. The van der Waals surface area contributed by atoms with Gasteiger partial charge >= 0.3 is 0 Å². The second-order valence-corrected chi connectivity index (χ2v) is 4.57. The number of hydrogen-bond donors (Lipinski definition) is 2. The summed E-state index contributed by atoms with van der Waals surface area (Å²) in [4.78, 5) is 0. The van der Waals surface area contributed by atoms with Gasteiger partial charge in [-0.15, -0.1) is 0 Å². The molecule has 1 fully saturated rings. The predicted octanol–water partition coefficient (Wildman–Crippen LogP) is 1.88. The van der Waals surface area contributed by atoms with Crippen molar-refractivity contribution in [2.45, 2.75) is 31.5 Å². The molecule has 1 aromatic rings. The van der Waals surface area contributed by atoms with Crippen LogP contribution in [0.25, 0.3) is 0 Å². The first-order valence-corrected chi connectivity index (χ1v) is 6.41. The van der Waals surface area contributed by atoms with Crippen LogP contribution in [0.3, 0.4) is 0 Å². The molecule has 1 saturated heterocycles. The van der Waals surface area contributed by atoms with E-state index >= 15 is 0 Å². The Bertz CT molecular complexity index is 309. The number of ether oxygens (including phenoxy) is 1. The molecule has 0 amide bonds. The summed E-state index contributed by atoms with van der Waals surface area (Å²) in [6.45, 7) is 2.31. The molecular weight excluding hydrogens is 214 g/mol. The third-order valence-electron chi connectivity index (χ3n) is 3.17. The number of benzene rings is 1. The molecule has 2 N–H and O–H groups in total. The van der Waals surface area contributed by atoms with Gasteiger partial charge in [-0.1, -0.05) is 30.3 Å². The minimum absolute atomic E-state index is 0.326. The lowest BCUT2D eigenvalue weighted by molar-refractivity contribution is 0.0152. The number of rotatable bonds is 5. The molecule has 0 aromatic heterocycles. The van der Waals surface area contributed by atoms with Crippen LogP contribution in [-0.2, 0) is 4.74 Å². The SMILES string of the molecule is OC(CNCC1CCCCO1)c1ccccc1. The summed E-state index contributed by atoms with van der Waals surface area (Å²) in [5.41, 5.74) is 0.963. The Hall–Kier alpha value is -0.900. The normalized spacial score (nSPS) is 22.3. The van der Waals surface area contributed by atoms with Crippen molar-refractivity contribution in [1.82, 2.24) is 5.32 Å². The summed E-state index contributed by atoms with van der Waals surface area (Å²) in [6, 6.07) is 9.75. The van der Waals surface area contributed by atoms with Gasteiger partial charge in [-0.3, -0.25) is 0 Å². The fraction of sp³-hybridized carbons (Fsp3) is 0.571. The number of aliphatic hydroxyl groups excluding tert-OH is 1. The molecule has 3 nitrogen and oxygen atoms in total. The van der Waals surface area contributed by atoms with E-state index in [0.717, 1.165) is 25.1 Å². The average molecular weight is 235 g/mol. The van der Waals surface area contributed by atoms with Crippen molar-refractivity contribution in [3.8, 4) is 0 Å². The molecule has 0 aliphatic carbocycles. The first-order valence-electron chi connectivity index (χ1n) is 6.41. The van der Waals surface area contributed by atoms with Crippen LogP contribution in [0.15, 0.2) is 30.3 Å². The molecule has 0 spiro atoms. The van der Waals surface area contributed by atoms with Gasteiger partial charge in [-0.05, 0) is 24.8 Å². The molecular formula is C14H21NO2. The zero-order valence-corrected chi connectivity index (χ0v) is 10.1. The maximum absolute atomic E-state index is 9.95. The molecule has 2 unspecified atom stereocenters. The van der Waals surface area contributed by atoms with Crippen LogP contribution in [0.5, 0.6) is 0 Å². The first-order chi connectivity index (χ1) is 8.36. The topological polar surface area (TPSA) is 41.5 Å². The van der Waals surface area contributed by atoms with E-state index in [0.29, 0.717) is 12.6 Å². The van der Waals surface area contributed by atoms with Crippen LogP contribution < -0.4 is 5.32 Å². The molecule has 0 bridgehead atoms. The molecule has 94 valence electrons. The molecule has 0 saturated carbocycles. The van der Waals surface area contributed by atoms with E-state index in [1.54, 1.807) is 0 Å². The highest BCUT2D eigenvalue weighted by molar-refractivity contribution is 5.17. The first kappa shape index (κ1) is 12.6. The molecule has 17 heavy (non-hydrogen) atoms. The lowest BCUT2D eigenvalue weighted by Crippen LogP contribution is -2.34. The van der Waals surface area contributed by atoms with Crippen LogP contribution in [0, 0.1) is 0 Å². The summed E-state index contributed by atoms with van der Waals surface area (Å²) in [5, 5.41) is 13.2. The third-order valence-corrected chi connectivity index (χ3v) is 3.17. The highest BCUT2D eigenvalue weighted by atomic mass is 16.5. The maximum atomic E-state index is 9.95. The molecule has 1 heterocycles. The van der Waals surface area contributed by atoms with Gasteiger partial charge in [0.1, 0.15) is 0 Å². The van der Waals surface area contributed by atoms with Gasteiger partial charge in [0.15, 0.2) is 0 Å². The van der Waals surface area contributed by atoms with Crippen LogP contribution >= 0.6 is 0 Å². The molecule has 2 rings (SSSR count). The fourth-order valence-electron chi connectivity index (χ4n) is 2.14. The molecule has 1 aromatic carbocycles. The summed E-state index contributed by atoms with van der Waals surface area (Å²) in [5.74, 6) is 0. The van der Waals surface area contributed by atoms with Crippen molar-refractivity contribution >= 4 is 0 Å². The molecule has 0 radical (unpaired) electrons. The number of aliphatic hydroxyl groups is 1. The Morgan fingerprint density at radius 3 is 2.82 bits per heavy atom. The average Bonchev–Trinajstić information content (AvgIpc) is 2.41. The summed E-state index contributed by atoms with van der Waals surface area (Å²) < 4.78 is 5.62. The van der Waals surface area contributed by atoms with Gasteiger partial charge < -0.3 is 15.2 Å². The highest BCUT2D eigenvalue weighted by Crippen LogP contribution is 2.13. The largest absolute Gasteiger partial charge is 0.387 e. The monoisotopic (exact) mass is 235 g/mol. The van der Waals surface area contributed by atoms with Gasteiger partial charge in [0.25, 0.3) is 0 Å². The van der Waals surface area contributed by atoms with E-state index in [1.165, 1.54) is 12.8 Å². The zero-order valence-electron chi connectivity index (χ0n) is 10.1. The minimum atomic E-state index is -0.431. The number of hydrogen-bond acceptors (Lipinski definition) is 3. The summed E-state index contributed by atoms with van der Waals surface area (Å²) in [6.07, 6.45) is 3.47. The van der Waals surface area contributed by atoms with Gasteiger partial charge in [0, 0.05) is 19.7 Å². The van der Waals surface area contributed by atoms with Crippen molar-refractivity contribution in [2.75, 3.05) is 19.7 Å². The van der Waals surface area contributed by atoms with Crippen molar-refractivity contribution < 1.29 is 9.84 Å². The molecule has 1 aliphatic heterocycles. The van der Waals surface area contributed by atoms with E-state index < -0.39 is 6.10 Å². The summed E-state index contributed by atoms with van der Waals surface area (Å²) in [7, 11) is 0. The molecule has 3 heteroatoms. The Labute approximate surface area is 103 Å². The lowest BCUT2D eigenvalue weighted by Gasteiger charge is -2.23. The van der Waals surface area contributed by atoms with Crippen molar-refractivity contribution in [3.05, 3.63) is 35.9 Å². The second kappa shape index (κ2) is 6.74. The Kier molecular flexibility index (Phi) is 4.98. The lowest BCUT2D eigenvalue weighted by atomic mass is 10.1. The Balaban J connectivity index is 1.67. The van der Waals surface area contributed by atoms with E-state index in [-0.39, 0.29) is 0 Å². The van der Waals surface area contributed by atoms with Crippen molar-refractivity contribution in [2.24, 2.45) is 0 Å². The van der Waals surface area contributed by atoms with Crippen molar-refractivity contribution in [1.29, 1.82) is 0 Å². The van der Waals surface area contributed by atoms with E-state index in [2.05, 4.69) is 5.32 Å². The van der Waals surface area contributed by atoms with Crippen LogP contribution in [-0.4, -0.2) is 30.9 Å². The standard InChI is InChI=1S/C14H21NO2/c16-14(12-6-2-1-3-7-12)11-15-10-13-8-4-5-9-17-13/h1-3,6-7,13-16H,4-5,8-11H2. The van der Waals surface area contributed by atoms with E-state index in [1.807, 2.05) is 30.3 Å². The van der Waals surface area contributed by atoms with Gasteiger partial charge in [-0.25, -0.2) is 0 Å². The highest BCUT2D eigenvalue weighted by Gasteiger charge is 2.14. The zero-order chi connectivity index (χ0) is 11.9. The minimum Gasteiger partial charge on any atom is -0.387 e. The predicted molar refractivity (Wildman–Crippen MR) is 67.9 cm³/mol. The Morgan fingerprint density at radius 2 is 2.12 bits per heavy atom. The van der Waals surface area contributed by atoms with Crippen LogP contribution in [0.2, 0.25) is 0 Å².